The van der Waals surface area contributed by atoms with E-state index in [1.165, 1.54) is 0 Å². The van der Waals surface area contributed by atoms with Crippen LogP contribution in [-0.4, -0.2) is 63.2 Å². The van der Waals surface area contributed by atoms with Gasteiger partial charge in [-0.3, -0.25) is 9.78 Å². The zero-order valence-corrected chi connectivity index (χ0v) is 15.4. The lowest BCUT2D eigenvalue weighted by molar-refractivity contribution is 0.0138. The average molecular weight is 379 g/mol. The molecule has 0 spiro atoms. The molecular weight excluding hydrogens is 358 g/mol. The summed E-state index contributed by atoms with van der Waals surface area (Å²) in [5, 5.41) is 0. The number of rotatable bonds is 4. The summed E-state index contributed by atoms with van der Waals surface area (Å²) in [6.45, 7) is 2.51. The van der Waals surface area contributed by atoms with Gasteiger partial charge in [-0.2, -0.15) is 0 Å². The summed E-state index contributed by atoms with van der Waals surface area (Å²) in [7, 11) is 0. The van der Waals surface area contributed by atoms with Crippen molar-refractivity contribution >= 4 is 16.9 Å². The highest BCUT2D eigenvalue weighted by Crippen LogP contribution is 2.31. The highest BCUT2D eigenvalue weighted by atomic mass is 16.5. The fourth-order valence-corrected chi connectivity index (χ4v) is 3.72. The van der Waals surface area contributed by atoms with E-state index in [0.717, 1.165) is 42.8 Å². The predicted molar refractivity (Wildman–Crippen MR) is 101 cm³/mol. The molecule has 28 heavy (non-hydrogen) atoms. The molecule has 1 aromatic carbocycles. The highest BCUT2D eigenvalue weighted by molar-refractivity contribution is 5.94. The normalized spacial score (nSPS) is 18.2. The Morgan fingerprint density at radius 2 is 1.93 bits per heavy atom. The van der Waals surface area contributed by atoms with Crippen LogP contribution in [0.4, 0.5) is 0 Å². The van der Waals surface area contributed by atoms with E-state index in [2.05, 4.69) is 19.9 Å². The molecule has 1 N–H and O–H groups in total. The third kappa shape index (κ3) is 3.20. The quantitative estimate of drug-likeness (QED) is 0.747. The summed E-state index contributed by atoms with van der Waals surface area (Å²) in [6.07, 6.45) is 5.13. The van der Waals surface area contributed by atoms with Crippen LogP contribution in [0.3, 0.4) is 0 Å². The van der Waals surface area contributed by atoms with Crippen LogP contribution in [-0.2, 0) is 4.74 Å². The van der Waals surface area contributed by atoms with Crippen molar-refractivity contribution in [2.45, 2.75) is 24.9 Å². The van der Waals surface area contributed by atoms with Gasteiger partial charge in [-0.25, -0.2) is 9.97 Å². The first-order valence-electron chi connectivity index (χ1n) is 9.57. The first-order chi connectivity index (χ1) is 13.8. The first-order valence-corrected chi connectivity index (χ1v) is 9.57. The number of hydrogen-bond acceptors (Lipinski definition) is 6. The highest BCUT2D eigenvalue weighted by Gasteiger charge is 2.35. The molecule has 2 aliphatic heterocycles. The molecule has 0 radical (unpaired) electrons. The second-order valence-corrected chi connectivity index (χ2v) is 7.19. The van der Waals surface area contributed by atoms with Crippen molar-refractivity contribution in [3.05, 3.63) is 48.2 Å². The molecule has 2 aromatic heterocycles. The SMILES string of the molecule is O=C(c1nc2ccccc2[nH]1)N1CC(Oc2nccnc2C2CCOCC2)C1. The van der Waals surface area contributed by atoms with Crippen LogP contribution in [0.5, 0.6) is 5.88 Å². The number of H-pyrrole nitrogens is 1. The minimum Gasteiger partial charge on any atom is -0.469 e. The summed E-state index contributed by atoms with van der Waals surface area (Å²) in [6, 6.07) is 7.62. The van der Waals surface area contributed by atoms with E-state index in [0.29, 0.717) is 30.7 Å². The molecule has 5 rings (SSSR count). The Kier molecular flexibility index (Phi) is 4.40. The van der Waals surface area contributed by atoms with Crippen molar-refractivity contribution in [2.24, 2.45) is 0 Å². The lowest BCUT2D eigenvalue weighted by Crippen LogP contribution is -2.56. The first kappa shape index (κ1) is 17.1. The monoisotopic (exact) mass is 379 g/mol. The van der Waals surface area contributed by atoms with Crippen LogP contribution in [0.1, 0.15) is 35.1 Å². The van der Waals surface area contributed by atoms with Gasteiger partial charge in [-0.1, -0.05) is 12.1 Å². The van der Waals surface area contributed by atoms with Gasteiger partial charge in [0.05, 0.1) is 24.1 Å². The molecular formula is C20H21N5O3. The van der Waals surface area contributed by atoms with Gasteiger partial charge in [-0.05, 0) is 25.0 Å². The van der Waals surface area contributed by atoms with Gasteiger partial charge >= 0.3 is 0 Å². The lowest BCUT2D eigenvalue weighted by atomic mass is 9.96. The van der Waals surface area contributed by atoms with Crippen molar-refractivity contribution < 1.29 is 14.3 Å². The molecule has 0 saturated carbocycles. The number of fused-ring (bicyclic) bond motifs is 1. The van der Waals surface area contributed by atoms with Gasteiger partial charge in [0.1, 0.15) is 11.8 Å². The van der Waals surface area contributed by atoms with Crippen LogP contribution in [0.25, 0.3) is 11.0 Å². The molecule has 8 nitrogen and oxygen atoms in total. The fraction of sp³-hybridized carbons (Fsp3) is 0.400. The minimum atomic E-state index is -0.111. The molecule has 0 atom stereocenters. The Bertz CT molecular complexity index is 959. The van der Waals surface area contributed by atoms with Crippen molar-refractivity contribution in [1.82, 2.24) is 24.8 Å². The summed E-state index contributed by atoms with van der Waals surface area (Å²) >= 11 is 0. The summed E-state index contributed by atoms with van der Waals surface area (Å²) < 4.78 is 11.5. The zero-order valence-electron chi connectivity index (χ0n) is 15.4. The van der Waals surface area contributed by atoms with Gasteiger partial charge in [0.2, 0.25) is 5.88 Å². The number of aromatic nitrogens is 4. The van der Waals surface area contributed by atoms with E-state index < -0.39 is 0 Å². The predicted octanol–water partition coefficient (Wildman–Crippen LogP) is 2.15. The number of likely N-dealkylation sites (tertiary alicyclic amines) is 1. The Morgan fingerprint density at radius 3 is 2.75 bits per heavy atom. The van der Waals surface area contributed by atoms with Crippen LogP contribution < -0.4 is 4.74 Å². The molecule has 0 bridgehead atoms. The van der Waals surface area contributed by atoms with Gasteiger partial charge in [0.15, 0.2) is 5.82 Å². The molecule has 2 fully saturated rings. The van der Waals surface area contributed by atoms with Crippen LogP contribution in [0, 0.1) is 0 Å². The number of carbonyl (C=O) groups excluding carboxylic acids is 1. The maximum Gasteiger partial charge on any atom is 0.289 e. The van der Waals surface area contributed by atoms with Crippen molar-refractivity contribution in [3.63, 3.8) is 0 Å². The van der Waals surface area contributed by atoms with Crippen LogP contribution in [0.15, 0.2) is 36.7 Å². The lowest BCUT2D eigenvalue weighted by Gasteiger charge is -2.38. The van der Waals surface area contributed by atoms with Crippen LogP contribution in [0.2, 0.25) is 0 Å². The van der Waals surface area contributed by atoms with Crippen molar-refractivity contribution in [2.75, 3.05) is 26.3 Å². The number of nitrogens with zero attached hydrogens (tertiary/aromatic N) is 4. The Hall–Kier alpha value is -3.00. The minimum absolute atomic E-state index is 0.0800. The fourth-order valence-electron chi connectivity index (χ4n) is 3.72. The number of nitrogens with one attached hydrogen (secondary N) is 1. The van der Waals surface area contributed by atoms with E-state index in [4.69, 9.17) is 9.47 Å². The van der Waals surface area contributed by atoms with Crippen LogP contribution >= 0.6 is 0 Å². The van der Waals surface area contributed by atoms with Crippen molar-refractivity contribution in [3.8, 4) is 5.88 Å². The third-order valence-electron chi connectivity index (χ3n) is 5.30. The van der Waals surface area contributed by atoms with Gasteiger partial charge in [0.25, 0.3) is 5.91 Å². The molecule has 0 unspecified atom stereocenters. The number of imidazole rings is 1. The summed E-state index contributed by atoms with van der Waals surface area (Å²) in [4.78, 5) is 30.7. The number of amides is 1. The zero-order chi connectivity index (χ0) is 18.9. The topological polar surface area (TPSA) is 93.2 Å². The van der Waals surface area contributed by atoms with Gasteiger partial charge in [-0.15, -0.1) is 0 Å². The largest absolute Gasteiger partial charge is 0.469 e. The smallest absolute Gasteiger partial charge is 0.289 e. The Morgan fingerprint density at radius 1 is 1.14 bits per heavy atom. The number of para-hydroxylation sites is 2. The number of aromatic amines is 1. The average Bonchev–Trinajstić information content (AvgIpc) is 3.15. The molecule has 1 amide bonds. The maximum atomic E-state index is 12.6. The molecule has 144 valence electrons. The van der Waals surface area contributed by atoms with E-state index in [1.807, 2.05) is 24.3 Å². The number of ether oxygens (including phenoxy) is 2. The number of benzene rings is 1. The standard InChI is InChI=1S/C20H21N5O3/c26-20(18-23-15-3-1-2-4-16(15)24-18)25-11-14(12-25)28-19-17(21-7-8-22-19)13-5-9-27-10-6-13/h1-4,7-8,13-14H,5-6,9-12H2,(H,23,24). The van der Waals surface area contributed by atoms with E-state index >= 15 is 0 Å². The molecule has 4 heterocycles. The van der Waals surface area contributed by atoms with Gasteiger partial charge in [0, 0.05) is 31.5 Å². The second kappa shape index (κ2) is 7.20. The third-order valence-corrected chi connectivity index (χ3v) is 5.30. The number of hydrogen-bond donors (Lipinski definition) is 1. The maximum absolute atomic E-state index is 12.6. The second-order valence-electron chi connectivity index (χ2n) is 7.19. The Balaban J connectivity index is 1.23. The van der Waals surface area contributed by atoms with E-state index in [-0.39, 0.29) is 12.0 Å². The molecule has 3 aromatic rings. The molecule has 2 aliphatic rings. The molecule has 0 aliphatic carbocycles. The molecule has 8 heteroatoms. The van der Waals surface area contributed by atoms with E-state index in [9.17, 15) is 4.79 Å². The Labute approximate surface area is 161 Å². The van der Waals surface area contributed by atoms with E-state index in [1.54, 1.807) is 17.3 Å². The summed E-state index contributed by atoms with van der Waals surface area (Å²) in [5.41, 5.74) is 2.55. The van der Waals surface area contributed by atoms with Gasteiger partial charge < -0.3 is 19.4 Å². The molecule has 2 saturated heterocycles. The number of carbonyl (C=O) groups is 1. The summed E-state index contributed by atoms with van der Waals surface area (Å²) in [5.74, 6) is 1.14. The van der Waals surface area contributed by atoms with Crippen molar-refractivity contribution in [1.29, 1.82) is 0 Å².